The number of carbonyl (C=O) groups excluding carboxylic acids is 1. The van der Waals surface area contributed by atoms with Crippen LogP contribution >= 0.6 is 11.8 Å². The van der Waals surface area contributed by atoms with Crippen LogP contribution in [0.4, 0.5) is 8.78 Å². The third kappa shape index (κ3) is 4.91. The Hall–Kier alpha value is -1.14. The van der Waals surface area contributed by atoms with Gasteiger partial charge in [0.15, 0.2) is 0 Å². The highest BCUT2D eigenvalue weighted by molar-refractivity contribution is 8.00. The zero-order chi connectivity index (χ0) is 17.0. The van der Waals surface area contributed by atoms with Gasteiger partial charge >= 0.3 is 0 Å². The van der Waals surface area contributed by atoms with E-state index in [1.165, 1.54) is 12.1 Å². The van der Waals surface area contributed by atoms with Gasteiger partial charge in [0, 0.05) is 43.2 Å². The van der Waals surface area contributed by atoms with Crippen LogP contribution in [0.5, 0.6) is 0 Å². The van der Waals surface area contributed by atoms with Gasteiger partial charge in [0.1, 0.15) is 11.6 Å². The van der Waals surface area contributed by atoms with Crippen molar-refractivity contribution >= 4 is 17.7 Å². The second-order valence-corrected chi connectivity index (χ2v) is 7.25. The van der Waals surface area contributed by atoms with Crippen molar-refractivity contribution in [1.82, 2.24) is 9.80 Å². The van der Waals surface area contributed by atoms with Crippen LogP contribution < -0.4 is 0 Å². The van der Waals surface area contributed by atoms with Gasteiger partial charge in [-0.3, -0.25) is 4.79 Å². The van der Waals surface area contributed by atoms with Crippen LogP contribution in [0.2, 0.25) is 0 Å². The molecule has 1 aliphatic rings. The van der Waals surface area contributed by atoms with Crippen molar-refractivity contribution < 1.29 is 13.6 Å². The quantitative estimate of drug-likeness (QED) is 0.767. The molecule has 128 valence electrons. The summed E-state index contributed by atoms with van der Waals surface area (Å²) < 4.78 is 26.5. The summed E-state index contributed by atoms with van der Waals surface area (Å²) in [6, 6.07) is 4.22. The Kier molecular flexibility index (Phi) is 6.41. The Morgan fingerprint density at radius 3 is 2.57 bits per heavy atom. The lowest BCUT2D eigenvalue weighted by Gasteiger charge is -2.38. The molecule has 1 aliphatic heterocycles. The number of likely N-dealkylation sites (tertiary alicyclic amines) is 1. The Morgan fingerprint density at radius 2 is 2.00 bits per heavy atom. The van der Waals surface area contributed by atoms with Crippen molar-refractivity contribution in [2.45, 2.75) is 43.7 Å². The molecule has 0 spiro atoms. The predicted octanol–water partition coefficient (Wildman–Crippen LogP) is 3.39. The fourth-order valence-electron chi connectivity index (χ4n) is 2.83. The number of nitrogens with zero attached hydrogens (tertiary/aromatic N) is 2. The molecular weight excluding hydrogens is 318 g/mol. The van der Waals surface area contributed by atoms with Crippen molar-refractivity contribution in [2.24, 2.45) is 0 Å². The van der Waals surface area contributed by atoms with Crippen LogP contribution in [0.1, 0.15) is 26.7 Å². The summed E-state index contributed by atoms with van der Waals surface area (Å²) in [6.45, 7) is 6.37. The van der Waals surface area contributed by atoms with E-state index in [0.717, 1.165) is 43.8 Å². The maximum absolute atomic E-state index is 13.6. The largest absolute Gasteiger partial charge is 0.342 e. The van der Waals surface area contributed by atoms with E-state index in [-0.39, 0.29) is 17.7 Å². The molecule has 1 aromatic carbocycles. The van der Waals surface area contributed by atoms with Crippen LogP contribution in [-0.4, -0.2) is 53.7 Å². The molecule has 0 N–H and O–H groups in total. The van der Waals surface area contributed by atoms with Gasteiger partial charge in [0.25, 0.3) is 0 Å². The molecule has 0 atom stereocenters. The van der Waals surface area contributed by atoms with E-state index < -0.39 is 11.6 Å². The standard InChI is InChI=1S/C17H24F2N2OS/c1-12(2)21-8-6-14(7-9-21)20(3)17(22)11-23-16-5-4-13(18)10-15(16)19/h4-5,10,12,14H,6-9,11H2,1-3H3. The Bertz CT molecular complexity index is 545. The van der Waals surface area contributed by atoms with E-state index in [9.17, 15) is 13.6 Å². The second-order valence-electron chi connectivity index (χ2n) is 6.23. The third-order valence-electron chi connectivity index (χ3n) is 4.42. The second kappa shape index (κ2) is 8.11. The zero-order valence-corrected chi connectivity index (χ0v) is 14.7. The minimum Gasteiger partial charge on any atom is -0.342 e. The summed E-state index contributed by atoms with van der Waals surface area (Å²) in [5.41, 5.74) is 0. The van der Waals surface area contributed by atoms with Gasteiger partial charge in [-0.05, 0) is 38.8 Å². The summed E-state index contributed by atoms with van der Waals surface area (Å²) in [4.78, 5) is 16.8. The van der Waals surface area contributed by atoms with Gasteiger partial charge < -0.3 is 9.80 Å². The highest BCUT2D eigenvalue weighted by Crippen LogP contribution is 2.24. The first kappa shape index (κ1) is 18.2. The van der Waals surface area contributed by atoms with E-state index in [4.69, 9.17) is 0 Å². The molecule has 0 unspecified atom stereocenters. The van der Waals surface area contributed by atoms with Gasteiger partial charge in [0.2, 0.25) is 5.91 Å². The van der Waals surface area contributed by atoms with Crippen molar-refractivity contribution in [1.29, 1.82) is 0 Å². The minimum atomic E-state index is -0.615. The van der Waals surface area contributed by atoms with Gasteiger partial charge in [-0.15, -0.1) is 11.8 Å². The lowest BCUT2D eigenvalue weighted by Crippen LogP contribution is -2.47. The summed E-state index contributed by atoms with van der Waals surface area (Å²) in [5, 5.41) is 0. The maximum Gasteiger partial charge on any atom is 0.232 e. The van der Waals surface area contributed by atoms with Crippen LogP contribution in [0.3, 0.4) is 0 Å². The normalized spacial score (nSPS) is 16.8. The van der Waals surface area contributed by atoms with Gasteiger partial charge in [-0.1, -0.05) is 0 Å². The fraction of sp³-hybridized carbons (Fsp3) is 0.588. The highest BCUT2D eigenvalue weighted by Gasteiger charge is 2.26. The van der Waals surface area contributed by atoms with Gasteiger partial charge in [-0.25, -0.2) is 8.78 Å². The van der Waals surface area contributed by atoms with Crippen molar-refractivity contribution in [2.75, 3.05) is 25.9 Å². The van der Waals surface area contributed by atoms with E-state index in [1.54, 1.807) is 4.90 Å². The number of rotatable bonds is 5. The molecule has 2 rings (SSSR count). The molecule has 1 aromatic rings. The highest BCUT2D eigenvalue weighted by atomic mass is 32.2. The number of amides is 1. The molecule has 3 nitrogen and oxygen atoms in total. The molecule has 6 heteroatoms. The minimum absolute atomic E-state index is 0.0123. The van der Waals surface area contributed by atoms with Crippen molar-refractivity contribution in [3.05, 3.63) is 29.8 Å². The summed E-state index contributed by atoms with van der Waals surface area (Å²) in [7, 11) is 1.82. The number of hydrogen-bond acceptors (Lipinski definition) is 3. The first-order chi connectivity index (χ1) is 10.9. The molecule has 1 saturated heterocycles. The molecule has 0 bridgehead atoms. The summed E-state index contributed by atoms with van der Waals surface area (Å²) in [5.74, 6) is -1.06. The average Bonchev–Trinajstić information content (AvgIpc) is 2.53. The Balaban J connectivity index is 1.83. The Labute approximate surface area is 141 Å². The maximum atomic E-state index is 13.6. The summed E-state index contributed by atoms with van der Waals surface area (Å²) in [6.07, 6.45) is 1.94. The van der Waals surface area contributed by atoms with E-state index in [1.807, 2.05) is 7.05 Å². The van der Waals surface area contributed by atoms with E-state index in [0.29, 0.717) is 10.9 Å². The zero-order valence-electron chi connectivity index (χ0n) is 13.9. The lowest BCUT2D eigenvalue weighted by molar-refractivity contribution is -0.130. The van der Waals surface area contributed by atoms with Crippen LogP contribution in [0, 0.1) is 11.6 Å². The van der Waals surface area contributed by atoms with Gasteiger partial charge in [-0.2, -0.15) is 0 Å². The molecular formula is C17H24F2N2OS. The molecule has 1 fully saturated rings. The molecule has 1 heterocycles. The number of hydrogen-bond donors (Lipinski definition) is 0. The molecule has 0 aliphatic carbocycles. The fourth-order valence-corrected chi connectivity index (χ4v) is 3.67. The SMILES string of the molecule is CC(C)N1CCC(N(C)C(=O)CSc2ccc(F)cc2F)CC1. The van der Waals surface area contributed by atoms with E-state index >= 15 is 0 Å². The molecule has 0 aromatic heterocycles. The molecule has 1 amide bonds. The number of thioether (sulfide) groups is 1. The summed E-state index contributed by atoms with van der Waals surface area (Å²) >= 11 is 1.12. The van der Waals surface area contributed by atoms with E-state index in [2.05, 4.69) is 18.7 Å². The smallest absolute Gasteiger partial charge is 0.232 e. The van der Waals surface area contributed by atoms with Crippen LogP contribution in [0.15, 0.2) is 23.1 Å². The lowest BCUT2D eigenvalue weighted by atomic mass is 10.0. The Morgan fingerprint density at radius 1 is 1.35 bits per heavy atom. The third-order valence-corrected chi connectivity index (χ3v) is 5.45. The van der Waals surface area contributed by atoms with Crippen LogP contribution in [-0.2, 0) is 4.79 Å². The van der Waals surface area contributed by atoms with Gasteiger partial charge in [0.05, 0.1) is 5.75 Å². The molecule has 0 radical (unpaired) electrons. The number of benzene rings is 1. The predicted molar refractivity (Wildman–Crippen MR) is 89.6 cm³/mol. The van der Waals surface area contributed by atoms with Crippen molar-refractivity contribution in [3.63, 3.8) is 0 Å². The van der Waals surface area contributed by atoms with Crippen LogP contribution in [0.25, 0.3) is 0 Å². The number of halogens is 2. The molecule has 0 saturated carbocycles. The monoisotopic (exact) mass is 342 g/mol. The van der Waals surface area contributed by atoms with Crippen molar-refractivity contribution in [3.8, 4) is 0 Å². The molecule has 23 heavy (non-hydrogen) atoms. The topological polar surface area (TPSA) is 23.6 Å². The average molecular weight is 342 g/mol. The first-order valence-corrected chi connectivity index (χ1v) is 8.94. The first-order valence-electron chi connectivity index (χ1n) is 7.96. The number of carbonyl (C=O) groups is 1. The number of piperidine rings is 1.